The minimum Gasteiger partial charge on any atom is -0.354 e. The third-order valence-corrected chi connectivity index (χ3v) is 4.39. The molecule has 0 radical (unpaired) electrons. The molecule has 7 nitrogen and oxygen atoms in total. The molecule has 2 N–H and O–H groups in total. The zero-order chi connectivity index (χ0) is 13.9. The van der Waals surface area contributed by atoms with Crippen LogP contribution in [0.2, 0.25) is 0 Å². The molecule has 0 aliphatic rings. The van der Waals surface area contributed by atoms with Crippen molar-refractivity contribution >= 4 is 40.1 Å². The number of aryl methyl sites for hydroxylation is 1. The van der Waals surface area contributed by atoms with E-state index in [-0.39, 0.29) is 0 Å². The van der Waals surface area contributed by atoms with Gasteiger partial charge in [-0.3, -0.25) is 5.10 Å². The monoisotopic (exact) mass is 307 g/mol. The molecule has 0 aliphatic heterocycles. The molecule has 3 aromatic heterocycles. The Hall–Kier alpha value is -1.74. The van der Waals surface area contributed by atoms with Crippen molar-refractivity contribution in [2.45, 2.75) is 29.6 Å². The van der Waals surface area contributed by atoms with E-state index in [1.54, 1.807) is 17.5 Å². The third kappa shape index (κ3) is 2.73. The summed E-state index contributed by atoms with van der Waals surface area (Å²) in [4.78, 5) is 8.93. The highest BCUT2D eigenvalue weighted by molar-refractivity contribution is 8.01. The SMILES string of the molecule is CCCNc1nc(Sc2nnc(C)s2)c2cn[nH]c2n1. The maximum absolute atomic E-state index is 4.53. The first-order valence-corrected chi connectivity index (χ1v) is 7.82. The largest absolute Gasteiger partial charge is 0.354 e. The first-order valence-electron chi connectivity index (χ1n) is 6.19. The number of rotatable bonds is 5. The van der Waals surface area contributed by atoms with Crippen LogP contribution in [0.25, 0.3) is 11.0 Å². The van der Waals surface area contributed by atoms with Crippen LogP contribution in [0.3, 0.4) is 0 Å². The van der Waals surface area contributed by atoms with E-state index < -0.39 is 0 Å². The zero-order valence-corrected chi connectivity index (χ0v) is 12.7. The molecule has 3 aromatic rings. The second-order valence-corrected chi connectivity index (χ2v) is 6.52. The van der Waals surface area contributed by atoms with E-state index in [1.165, 1.54) is 11.8 Å². The maximum Gasteiger partial charge on any atom is 0.225 e. The quantitative estimate of drug-likeness (QED) is 0.699. The number of nitrogens with zero attached hydrogens (tertiary/aromatic N) is 5. The van der Waals surface area contributed by atoms with Crippen molar-refractivity contribution in [2.75, 3.05) is 11.9 Å². The van der Waals surface area contributed by atoms with Crippen molar-refractivity contribution in [1.82, 2.24) is 30.4 Å². The Morgan fingerprint density at radius 2 is 2.25 bits per heavy atom. The van der Waals surface area contributed by atoms with Crippen molar-refractivity contribution in [3.8, 4) is 0 Å². The van der Waals surface area contributed by atoms with Gasteiger partial charge in [-0.05, 0) is 25.1 Å². The van der Waals surface area contributed by atoms with E-state index in [1.807, 2.05) is 6.92 Å². The second kappa shape index (κ2) is 5.71. The van der Waals surface area contributed by atoms with Gasteiger partial charge in [0.2, 0.25) is 5.95 Å². The van der Waals surface area contributed by atoms with Crippen LogP contribution in [0.4, 0.5) is 5.95 Å². The van der Waals surface area contributed by atoms with Crippen LogP contribution in [0, 0.1) is 6.92 Å². The Labute approximate surface area is 123 Å². The Balaban J connectivity index is 1.96. The molecule has 0 aliphatic carbocycles. The number of aromatic nitrogens is 6. The fourth-order valence-corrected chi connectivity index (χ4v) is 3.42. The summed E-state index contributed by atoms with van der Waals surface area (Å²) in [6.45, 7) is 4.87. The van der Waals surface area contributed by atoms with Gasteiger partial charge in [0.05, 0.1) is 11.6 Å². The van der Waals surface area contributed by atoms with Crippen molar-refractivity contribution in [1.29, 1.82) is 0 Å². The summed E-state index contributed by atoms with van der Waals surface area (Å²) >= 11 is 3.03. The van der Waals surface area contributed by atoms with E-state index in [9.17, 15) is 0 Å². The Morgan fingerprint density at radius 3 is 3.00 bits per heavy atom. The summed E-state index contributed by atoms with van der Waals surface area (Å²) in [6.07, 6.45) is 2.75. The van der Waals surface area contributed by atoms with Crippen LogP contribution in [0.15, 0.2) is 15.6 Å². The number of hydrogen-bond donors (Lipinski definition) is 2. The average Bonchev–Trinajstić information content (AvgIpc) is 3.05. The van der Waals surface area contributed by atoms with Gasteiger partial charge >= 0.3 is 0 Å². The predicted octanol–water partition coefficient (Wildman–Crippen LogP) is 2.49. The molecule has 9 heteroatoms. The third-order valence-electron chi connectivity index (χ3n) is 2.50. The topological polar surface area (TPSA) is 92.3 Å². The molecule has 0 atom stereocenters. The molecule has 104 valence electrons. The molecule has 0 fully saturated rings. The molecule has 0 saturated carbocycles. The fraction of sp³-hybridized carbons (Fsp3) is 0.364. The Kier molecular flexibility index (Phi) is 3.79. The highest BCUT2D eigenvalue weighted by atomic mass is 32.2. The molecule has 0 saturated heterocycles. The lowest BCUT2D eigenvalue weighted by Gasteiger charge is -2.05. The molecule has 0 spiro atoms. The molecule has 0 aromatic carbocycles. The van der Waals surface area contributed by atoms with E-state index in [2.05, 4.69) is 42.6 Å². The molecule has 0 unspecified atom stereocenters. The van der Waals surface area contributed by atoms with Crippen LogP contribution in [0.5, 0.6) is 0 Å². The molecule has 3 rings (SSSR count). The number of nitrogens with one attached hydrogen (secondary N) is 2. The van der Waals surface area contributed by atoms with Gasteiger partial charge in [-0.25, -0.2) is 4.98 Å². The van der Waals surface area contributed by atoms with Crippen molar-refractivity contribution in [3.05, 3.63) is 11.2 Å². The molecular weight excluding hydrogens is 294 g/mol. The van der Waals surface area contributed by atoms with Crippen LogP contribution in [-0.2, 0) is 0 Å². The number of anilines is 1. The van der Waals surface area contributed by atoms with E-state index >= 15 is 0 Å². The van der Waals surface area contributed by atoms with Gasteiger partial charge in [0, 0.05) is 6.54 Å². The van der Waals surface area contributed by atoms with Crippen LogP contribution in [0.1, 0.15) is 18.4 Å². The molecule has 0 bridgehead atoms. The number of fused-ring (bicyclic) bond motifs is 1. The normalized spacial score (nSPS) is 11.1. The van der Waals surface area contributed by atoms with Gasteiger partial charge < -0.3 is 5.32 Å². The minimum absolute atomic E-state index is 0.604. The standard InChI is InChI=1S/C11H13N7S2/c1-3-4-12-10-14-8-7(5-13-17-8)9(15-10)20-11-18-16-6(2)19-11/h5H,3-4H2,1-2H3,(H2,12,13,14,15,17). The Morgan fingerprint density at radius 1 is 1.35 bits per heavy atom. The zero-order valence-electron chi connectivity index (χ0n) is 11.0. The summed E-state index contributed by atoms with van der Waals surface area (Å²) in [5, 5.41) is 20.9. The van der Waals surface area contributed by atoms with E-state index in [4.69, 9.17) is 0 Å². The minimum atomic E-state index is 0.604. The second-order valence-electron chi connectivity index (χ2n) is 4.10. The predicted molar refractivity (Wildman–Crippen MR) is 79.2 cm³/mol. The lowest BCUT2D eigenvalue weighted by molar-refractivity contribution is 0.942. The summed E-state index contributed by atoms with van der Waals surface area (Å²) in [5.74, 6) is 0.604. The van der Waals surface area contributed by atoms with Crippen LogP contribution < -0.4 is 5.32 Å². The molecule has 3 heterocycles. The first kappa shape index (κ1) is 13.3. The fourth-order valence-electron chi connectivity index (χ4n) is 1.60. The van der Waals surface area contributed by atoms with E-state index in [0.717, 1.165) is 38.4 Å². The van der Waals surface area contributed by atoms with Gasteiger partial charge in [0.25, 0.3) is 0 Å². The summed E-state index contributed by atoms with van der Waals surface area (Å²) in [7, 11) is 0. The smallest absolute Gasteiger partial charge is 0.225 e. The molecule has 20 heavy (non-hydrogen) atoms. The number of H-pyrrole nitrogens is 1. The number of aromatic amines is 1. The lowest BCUT2D eigenvalue weighted by Crippen LogP contribution is -2.05. The van der Waals surface area contributed by atoms with E-state index in [0.29, 0.717) is 5.95 Å². The van der Waals surface area contributed by atoms with Crippen molar-refractivity contribution in [3.63, 3.8) is 0 Å². The average molecular weight is 307 g/mol. The van der Waals surface area contributed by atoms with Crippen LogP contribution >= 0.6 is 23.1 Å². The van der Waals surface area contributed by atoms with Gasteiger partial charge in [-0.15, -0.1) is 10.2 Å². The Bertz CT molecular complexity index is 720. The van der Waals surface area contributed by atoms with Gasteiger partial charge in [-0.2, -0.15) is 10.1 Å². The molecule has 0 amide bonds. The first-order chi connectivity index (χ1) is 9.76. The highest BCUT2D eigenvalue weighted by Gasteiger charge is 2.13. The summed E-state index contributed by atoms with van der Waals surface area (Å²) in [6, 6.07) is 0. The molecular formula is C11H13N7S2. The van der Waals surface area contributed by atoms with Crippen molar-refractivity contribution < 1.29 is 0 Å². The summed E-state index contributed by atoms with van der Waals surface area (Å²) < 4.78 is 0.866. The van der Waals surface area contributed by atoms with Crippen LogP contribution in [-0.4, -0.2) is 36.9 Å². The summed E-state index contributed by atoms with van der Waals surface area (Å²) in [5.41, 5.74) is 0.724. The number of hydrogen-bond acceptors (Lipinski definition) is 8. The van der Waals surface area contributed by atoms with Crippen molar-refractivity contribution in [2.24, 2.45) is 0 Å². The lowest BCUT2D eigenvalue weighted by atomic mass is 10.4. The van der Waals surface area contributed by atoms with Gasteiger partial charge in [0.15, 0.2) is 9.99 Å². The highest BCUT2D eigenvalue weighted by Crippen LogP contribution is 2.33. The van der Waals surface area contributed by atoms with Gasteiger partial charge in [-0.1, -0.05) is 18.3 Å². The maximum atomic E-state index is 4.53. The van der Waals surface area contributed by atoms with Gasteiger partial charge in [0.1, 0.15) is 10.0 Å².